The van der Waals surface area contributed by atoms with Crippen LogP contribution in [0.3, 0.4) is 0 Å². The van der Waals surface area contributed by atoms with Gasteiger partial charge in [-0.15, -0.1) is 0 Å². The largest absolute Gasteiger partial charge is 0.341 e. The molecule has 0 spiro atoms. The molecule has 0 bridgehead atoms. The van der Waals surface area contributed by atoms with Crippen LogP contribution in [0.15, 0.2) is 0 Å². The Bertz CT molecular complexity index is 318. The third-order valence-corrected chi connectivity index (χ3v) is 4.62. The number of piperazine rings is 1. The van der Waals surface area contributed by atoms with E-state index < -0.39 is 0 Å². The van der Waals surface area contributed by atoms with Gasteiger partial charge in [0.25, 0.3) is 0 Å². The fourth-order valence-electron chi connectivity index (χ4n) is 3.03. The van der Waals surface area contributed by atoms with Gasteiger partial charge in [-0.2, -0.15) is 0 Å². The van der Waals surface area contributed by atoms with Crippen LogP contribution in [0.5, 0.6) is 0 Å². The first-order valence-electron chi connectivity index (χ1n) is 8.46. The molecule has 122 valence electrons. The van der Waals surface area contributed by atoms with Crippen molar-refractivity contribution in [2.45, 2.75) is 32.7 Å². The van der Waals surface area contributed by atoms with Crippen LogP contribution in [0.2, 0.25) is 0 Å². The maximum Gasteiger partial charge on any atom is 0.236 e. The summed E-state index contributed by atoms with van der Waals surface area (Å²) in [5.74, 6) is 1.02. The SMILES string of the molecule is CC(C)CNC1CCN(C(=O)CN2CCN(C)CC2)CC1. The first-order chi connectivity index (χ1) is 10.0. The van der Waals surface area contributed by atoms with Crippen LogP contribution >= 0.6 is 0 Å². The molecule has 5 nitrogen and oxygen atoms in total. The zero-order valence-corrected chi connectivity index (χ0v) is 14.0. The molecule has 21 heavy (non-hydrogen) atoms. The molecule has 2 saturated heterocycles. The molecule has 0 aromatic rings. The van der Waals surface area contributed by atoms with Crippen molar-refractivity contribution in [3.05, 3.63) is 0 Å². The smallest absolute Gasteiger partial charge is 0.236 e. The lowest BCUT2D eigenvalue weighted by Crippen LogP contribution is -2.51. The quantitative estimate of drug-likeness (QED) is 0.800. The van der Waals surface area contributed by atoms with Gasteiger partial charge in [0.15, 0.2) is 0 Å². The Morgan fingerprint density at radius 1 is 1.10 bits per heavy atom. The molecule has 5 heteroatoms. The third-order valence-electron chi connectivity index (χ3n) is 4.62. The second-order valence-corrected chi connectivity index (χ2v) is 7.04. The number of hydrogen-bond acceptors (Lipinski definition) is 4. The van der Waals surface area contributed by atoms with Crippen LogP contribution in [0.4, 0.5) is 0 Å². The Morgan fingerprint density at radius 2 is 1.71 bits per heavy atom. The average Bonchev–Trinajstić information content (AvgIpc) is 2.48. The molecule has 0 saturated carbocycles. The number of nitrogens with zero attached hydrogens (tertiary/aromatic N) is 3. The van der Waals surface area contributed by atoms with Gasteiger partial charge in [0.2, 0.25) is 5.91 Å². The number of likely N-dealkylation sites (N-methyl/N-ethyl adjacent to an activating group) is 1. The van der Waals surface area contributed by atoms with Gasteiger partial charge < -0.3 is 15.1 Å². The van der Waals surface area contributed by atoms with E-state index in [1.807, 2.05) is 0 Å². The van der Waals surface area contributed by atoms with Gasteiger partial charge in [-0.05, 0) is 32.4 Å². The fraction of sp³-hybridized carbons (Fsp3) is 0.938. The van der Waals surface area contributed by atoms with E-state index in [0.29, 0.717) is 24.4 Å². The third kappa shape index (κ3) is 5.57. The second kappa shape index (κ2) is 8.11. The Labute approximate surface area is 129 Å². The Morgan fingerprint density at radius 3 is 2.29 bits per heavy atom. The summed E-state index contributed by atoms with van der Waals surface area (Å²) in [6, 6.07) is 0.597. The maximum atomic E-state index is 12.4. The van der Waals surface area contributed by atoms with E-state index in [1.165, 1.54) is 0 Å². The lowest BCUT2D eigenvalue weighted by atomic mass is 10.0. The van der Waals surface area contributed by atoms with Gasteiger partial charge in [0.05, 0.1) is 6.54 Å². The molecule has 2 aliphatic heterocycles. The number of rotatable bonds is 5. The summed E-state index contributed by atoms with van der Waals surface area (Å²) in [5, 5.41) is 3.61. The summed E-state index contributed by atoms with van der Waals surface area (Å²) < 4.78 is 0. The predicted octanol–water partition coefficient (Wildman–Crippen LogP) is 0.470. The van der Waals surface area contributed by atoms with Crippen molar-refractivity contribution in [3.8, 4) is 0 Å². The highest BCUT2D eigenvalue weighted by atomic mass is 16.2. The molecule has 1 amide bonds. The summed E-state index contributed by atoms with van der Waals surface area (Å²) in [6.07, 6.45) is 2.20. The molecule has 0 aromatic carbocycles. The van der Waals surface area contributed by atoms with E-state index in [0.717, 1.165) is 58.7 Å². The van der Waals surface area contributed by atoms with E-state index in [-0.39, 0.29) is 0 Å². The molecule has 2 rings (SSSR count). The number of hydrogen-bond donors (Lipinski definition) is 1. The highest BCUT2D eigenvalue weighted by molar-refractivity contribution is 5.78. The van der Waals surface area contributed by atoms with Crippen molar-refractivity contribution in [2.75, 3.05) is 59.4 Å². The van der Waals surface area contributed by atoms with E-state index >= 15 is 0 Å². The number of carbonyl (C=O) groups excluding carboxylic acids is 1. The summed E-state index contributed by atoms with van der Waals surface area (Å²) >= 11 is 0. The van der Waals surface area contributed by atoms with E-state index in [1.54, 1.807) is 0 Å². The Hall–Kier alpha value is -0.650. The monoisotopic (exact) mass is 296 g/mol. The number of amides is 1. The second-order valence-electron chi connectivity index (χ2n) is 7.04. The van der Waals surface area contributed by atoms with E-state index in [2.05, 4.69) is 40.9 Å². The molecule has 0 aromatic heterocycles. The van der Waals surface area contributed by atoms with Crippen LogP contribution in [0.1, 0.15) is 26.7 Å². The van der Waals surface area contributed by atoms with Crippen molar-refractivity contribution in [3.63, 3.8) is 0 Å². The number of piperidine rings is 1. The summed E-state index contributed by atoms with van der Waals surface area (Å²) in [5.41, 5.74) is 0. The fourth-order valence-corrected chi connectivity index (χ4v) is 3.03. The molecule has 0 atom stereocenters. The van der Waals surface area contributed by atoms with Crippen LogP contribution in [-0.4, -0.2) is 86.1 Å². The molecule has 2 heterocycles. The molecule has 0 unspecified atom stereocenters. The minimum absolute atomic E-state index is 0.321. The molecule has 2 fully saturated rings. The van der Waals surface area contributed by atoms with Crippen molar-refractivity contribution in [1.82, 2.24) is 20.0 Å². The molecule has 0 radical (unpaired) electrons. The van der Waals surface area contributed by atoms with Gasteiger partial charge in [0.1, 0.15) is 0 Å². The van der Waals surface area contributed by atoms with Gasteiger partial charge >= 0.3 is 0 Å². The zero-order chi connectivity index (χ0) is 15.2. The number of carbonyl (C=O) groups is 1. The average molecular weight is 296 g/mol. The molecule has 2 aliphatic rings. The normalized spacial score (nSPS) is 23.0. The molecular weight excluding hydrogens is 264 g/mol. The first-order valence-corrected chi connectivity index (χ1v) is 8.46. The van der Waals surface area contributed by atoms with Gasteiger partial charge in [-0.1, -0.05) is 13.8 Å². The Kier molecular flexibility index (Phi) is 6.45. The standard InChI is InChI=1S/C16H32N4O/c1-14(2)12-17-15-4-6-20(7-5-15)16(21)13-19-10-8-18(3)9-11-19/h14-15,17H,4-13H2,1-3H3. The highest BCUT2D eigenvalue weighted by Gasteiger charge is 2.24. The van der Waals surface area contributed by atoms with Crippen molar-refractivity contribution >= 4 is 5.91 Å². The zero-order valence-electron chi connectivity index (χ0n) is 14.0. The molecule has 1 N–H and O–H groups in total. The van der Waals surface area contributed by atoms with E-state index in [4.69, 9.17) is 0 Å². The minimum Gasteiger partial charge on any atom is -0.341 e. The van der Waals surface area contributed by atoms with Gasteiger partial charge in [0, 0.05) is 45.3 Å². The summed E-state index contributed by atoms with van der Waals surface area (Å²) in [4.78, 5) is 19.1. The van der Waals surface area contributed by atoms with Crippen LogP contribution in [0.25, 0.3) is 0 Å². The Balaban J connectivity index is 1.66. The van der Waals surface area contributed by atoms with Crippen molar-refractivity contribution < 1.29 is 4.79 Å². The maximum absolute atomic E-state index is 12.4. The molecule has 0 aliphatic carbocycles. The van der Waals surface area contributed by atoms with Gasteiger partial charge in [-0.25, -0.2) is 0 Å². The van der Waals surface area contributed by atoms with Crippen LogP contribution < -0.4 is 5.32 Å². The first kappa shape index (κ1) is 16.7. The summed E-state index contributed by atoms with van der Waals surface area (Å²) in [6.45, 7) is 12.2. The highest BCUT2D eigenvalue weighted by Crippen LogP contribution is 2.12. The van der Waals surface area contributed by atoms with Crippen molar-refractivity contribution in [1.29, 1.82) is 0 Å². The number of likely N-dealkylation sites (tertiary alicyclic amines) is 1. The lowest BCUT2D eigenvalue weighted by molar-refractivity contribution is -0.133. The summed E-state index contributed by atoms with van der Waals surface area (Å²) in [7, 11) is 2.15. The topological polar surface area (TPSA) is 38.8 Å². The lowest BCUT2D eigenvalue weighted by Gasteiger charge is -2.36. The number of nitrogens with one attached hydrogen (secondary N) is 1. The van der Waals surface area contributed by atoms with Crippen molar-refractivity contribution in [2.24, 2.45) is 5.92 Å². The van der Waals surface area contributed by atoms with Crippen LogP contribution in [0, 0.1) is 5.92 Å². The van der Waals surface area contributed by atoms with Crippen LogP contribution in [-0.2, 0) is 4.79 Å². The van der Waals surface area contributed by atoms with Gasteiger partial charge in [-0.3, -0.25) is 9.69 Å². The minimum atomic E-state index is 0.321. The van der Waals surface area contributed by atoms with E-state index in [9.17, 15) is 4.79 Å². The predicted molar refractivity (Wildman–Crippen MR) is 86.4 cm³/mol. The molecular formula is C16H32N4O.